The van der Waals surface area contributed by atoms with Crippen molar-refractivity contribution in [1.29, 1.82) is 0 Å². The predicted molar refractivity (Wildman–Crippen MR) is 135 cm³/mol. The summed E-state index contributed by atoms with van der Waals surface area (Å²) >= 11 is 0. The van der Waals surface area contributed by atoms with Gasteiger partial charge in [-0.25, -0.2) is 4.79 Å². The molecule has 0 saturated heterocycles. The monoisotopic (exact) mass is 478 g/mol. The molecule has 35 heavy (non-hydrogen) atoms. The van der Waals surface area contributed by atoms with Gasteiger partial charge in [-0.2, -0.15) is 0 Å². The standard InChI is InChI=1S/C28H34N2O5/c1-17(2)24(28(4,5)26(32)33)30-25(31)18(3)14-15-29-27(34)35-16-23-21-12-8-6-10-19(21)20-11-7-9-13-22(20)23/h6-14,17,23-24H,15-16H2,1-5H3,(H,29,34)(H,30,31)(H,32,33)/b18-14+. The van der Waals surface area contributed by atoms with Crippen molar-refractivity contribution in [2.45, 2.75) is 46.6 Å². The minimum atomic E-state index is -1.12. The summed E-state index contributed by atoms with van der Waals surface area (Å²) in [5, 5.41) is 15.0. The molecule has 3 rings (SSSR count). The molecule has 0 aromatic heterocycles. The van der Waals surface area contributed by atoms with Crippen molar-refractivity contribution in [1.82, 2.24) is 10.6 Å². The van der Waals surface area contributed by atoms with Crippen molar-refractivity contribution in [3.63, 3.8) is 0 Å². The molecular formula is C28H34N2O5. The van der Waals surface area contributed by atoms with Crippen LogP contribution in [-0.2, 0) is 14.3 Å². The van der Waals surface area contributed by atoms with Gasteiger partial charge in [0.05, 0.1) is 5.41 Å². The maximum absolute atomic E-state index is 12.6. The summed E-state index contributed by atoms with van der Waals surface area (Å²) < 4.78 is 5.50. The van der Waals surface area contributed by atoms with Crippen LogP contribution < -0.4 is 10.6 Å². The number of aliphatic carboxylic acids is 1. The van der Waals surface area contributed by atoms with Gasteiger partial charge in [0.15, 0.2) is 0 Å². The lowest BCUT2D eigenvalue weighted by Crippen LogP contribution is -2.52. The van der Waals surface area contributed by atoms with Crippen molar-refractivity contribution in [2.75, 3.05) is 13.2 Å². The summed E-state index contributed by atoms with van der Waals surface area (Å²) in [6, 6.07) is 15.7. The van der Waals surface area contributed by atoms with Crippen LogP contribution in [0.4, 0.5) is 4.79 Å². The van der Waals surface area contributed by atoms with Crippen molar-refractivity contribution in [3.8, 4) is 11.1 Å². The molecule has 1 atom stereocenters. The second kappa shape index (κ2) is 10.8. The number of carboxylic acid groups (broad SMARTS) is 1. The van der Waals surface area contributed by atoms with Gasteiger partial charge in [-0.3, -0.25) is 9.59 Å². The summed E-state index contributed by atoms with van der Waals surface area (Å²) in [7, 11) is 0. The Hall–Kier alpha value is -3.61. The van der Waals surface area contributed by atoms with Gasteiger partial charge in [0, 0.05) is 24.1 Å². The van der Waals surface area contributed by atoms with Gasteiger partial charge in [0.25, 0.3) is 0 Å². The number of carbonyl (C=O) groups excluding carboxylic acids is 2. The lowest BCUT2D eigenvalue weighted by atomic mass is 9.78. The van der Waals surface area contributed by atoms with Gasteiger partial charge in [-0.05, 0) is 48.9 Å². The van der Waals surface area contributed by atoms with Crippen molar-refractivity contribution >= 4 is 18.0 Å². The molecule has 186 valence electrons. The lowest BCUT2D eigenvalue weighted by Gasteiger charge is -2.34. The van der Waals surface area contributed by atoms with E-state index in [4.69, 9.17) is 4.74 Å². The highest BCUT2D eigenvalue weighted by Gasteiger charge is 2.39. The van der Waals surface area contributed by atoms with E-state index < -0.39 is 23.5 Å². The fourth-order valence-corrected chi connectivity index (χ4v) is 4.60. The van der Waals surface area contributed by atoms with Crippen LogP contribution >= 0.6 is 0 Å². The number of nitrogens with one attached hydrogen (secondary N) is 2. The second-order valence-corrected chi connectivity index (χ2v) is 9.82. The number of rotatable bonds is 9. The van der Waals surface area contributed by atoms with Crippen LogP contribution in [0.3, 0.4) is 0 Å². The van der Waals surface area contributed by atoms with E-state index in [9.17, 15) is 19.5 Å². The molecule has 0 fully saturated rings. The minimum absolute atomic E-state index is 0.0261. The Labute approximate surface area is 206 Å². The topological polar surface area (TPSA) is 105 Å². The molecular weight excluding hydrogens is 444 g/mol. The quantitative estimate of drug-likeness (QED) is 0.452. The van der Waals surface area contributed by atoms with Gasteiger partial charge >= 0.3 is 12.1 Å². The smallest absolute Gasteiger partial charge is 0.407 e. The number of hydrogen-bond acceptors (Lipinski definition) is 4. The third kappa shape index (κ3) is 5.73. The zero-order valence-electron chi connectivity index (χ0n) is 20.9. The number of fused-ring (bicyclic) bond motifs is 3. The van der Waals surface area contributed by atoms with Gasteiger partial charge in [-0.15, -0.1) is 0 Å². The number of carboxylic acids is 1. The number of hydrogen-bond donors (Lipinski definition) is 3. The fraction of sp³-hybridized carbons (Fsp3) is 0.393. The zero-order chi connectivity index (χ0) is 25.8. The summed E-state index contributed by atoms with van der Waals surface area (Å²) in [5.74, 6) is -1.44. The zero-order valence-corrected chi connectivity index (χ0v) is 20.9. The Morgan fingerprint density at radius 1 is 1.03 bits per heavy atom. The van der Waals surface area contributed by atoms with Crippen LogP contribution in [0.15, 0.2) is 60.2 Å². The molecule has 0 bridgehead atoms. The third-order valence-electron chi connectivity index (χ3n) is 6.64. The molecule has 0 heterocycles. The molecule has 1 aliphatic carbocycles. The van der Waals surface area contributed by atoms with Crippen molar-refractivity contribution < 1.29 is 24.2 Å². The Morgan fingerprint density at radius 3 is 2.09 bits per heavy atom. The first-order valence-corrected chi connectivity index (χ1v) is 11.8. The summed E-state index contributed by atoms with van der Waals surface area (Å²) in [4.78, 5) is 36.6. The van der Waals surface area contributed by atoms with Gasteiger partial charge in [-0.1, -0.05) is 68.5 Å². The van der Waals surface area contributed by atoms with E-state index in [2.05, 4.69) is 34.9 Å². The third-order valence-corrected chi connectivity index (χ3v) is 6.64. The number of alkyl carbamates (subject to hydrolysis) is 1. The first-order valence-electron chi connectivity index (χ1n) is 11.8. The van der Waals surface area contributed by atoms with Crippen LogP contribution in [0.25, 0.3) is 11.1 Å². The highest BCUT2D eigenvalue weighted by Crippen LogP contribution is 2.44. The van der Waals surface area contributed by atoms with E-state index in [1.54, 1.807) is 26.8 Å². The van der Waals surface area contributed by atoms with E-state index in [1.165, 1.54) is 0 Å². The van der Waals surface area contributed by atoms with E-state index in [0.717, 1.165) is 22.3 Å². The molecule has 2 amide bonds. The van der Waals surface area contributed by atoms with Crippen molar-refractivity contribution in [3.05, 3.63) is 71.3 Å². The lowest BCUT2D eigenvalue weighted by molar-refractivity contribution is -0.149. The molecule has 0 radical (unpaired) electrons. The molecule has 2 aromatic carbocycles. The van der Waals surface area contributed by atoms with Crippen LogP contribution in [0.1, 0.15) is 51.7 Å². The van der Waals surface area contributed by atoms with E-state index >= 15 is 0 Å². The van der Waals surface area contributed by atoms with Crippen LogP contribution in [0.2, 0.25) is 0 Å². The minimum Gasteiger partial charge on any atom is -0.481 e. The fourth-order valence-electron chi connectivity index (χ4n) is 4.60. The molecule has 7 heteroatoms. The average Bonchev–Trinajstić information content (AvgIpc) is 3.14. The molecule has 1 unspecified atom stereocenters. The summed E-state index contributed by atoms with van der Waals surface area (Å²) in [5.41, 5.74) is 3.86. The number of carbonyl (C=O) groups is 3. The maximum Gasteiger partial charge on any atom is 0.407 e. The average molecular weight is 479 g/mol. The summed E-state index contributed by atoms with van der Waals surface area (Å²) in [6.07, 6.45) is 1.02. The van der Waals surface area contributed by atoms with Crippen LogP contribution in [0.5, 0.6) is 0 Å². The maximum atomic E-state index is 12.6. The molecule has 0 aliphatic heterocycles. The van der Waals surface area contributed by atoms with Gasteiger partial charge in [0.1, 0.15) is 6.61 Å². The summed E-state index contributed by atoms with van der Waals surface area (Å²) in [6.45, 7) is 8.88. The highest BCUT2D eigenvalue weighted by molar-refractivity contribution is 5.93. The first kappa shape index (κ1) is 26.0. The first-order chi connectivity index (χ1) is 16.5. The van der Waals surface area contributed by atoms with Crippen molar-refractivity contribution in [2.24, 2.45) is 11.3 Å². The van der Waals surface area contributed by atoms with Gasteiger partial charge in [0.2, 0.25) is 5.91 Å². The molecule has 0 saturated carbocycles. The van der Waals surface area contributed by atoms with E-state index in [0.29, 0.717) is 5.57 Å². The van der Waals surface area contributed by atoms with Crippen LogP contribution in [0, 0.1) is 11.3 Å². The van der Waals surface area contributed by atoms with E-state index in [1.807, 2.05) is 38.1 Å². The highest BCUT2D eigenvalue weighted by atomic mass is 16.5. The molecule has 2 aromatic rings. The molecule has 3 N–H and O–H groups in total. The van der Waals surface area contributed by atoms with E-state index in [-0.39, 0.29) is 30.9 Å². The number of amides is 2. The van der Waals surface area contributed by atoms with Crippen LogP contribution in [-0.4, -0.2) is 42.3 Å². The normalized spacial score (nSPS) is 14.2. The van der Waals surface area contributed by atoms with Gasteiger partial charge < -0.3 is 20.5 Å². The Balaban J connectivity index is 1.54. The molecule has 0 spiro atoms. The SMILES string of the molecule is C/C(=C\CNC(=O)OCC1c2ccccc2-c2ccccc21)C(=O)NC(C(C)C)C(C)(C)C(=O)O. The second-order valence-electron chi connectivity index (χ2n) is 9.82. The number of ether oxygens (including phenoxy) is 1. The molecule has 1 aliphatic rings. The molecule has 7 nitrogen and oxygen atoms in total. The predicted octanol–water partition coefficient (Wildman–Crippen LogP) is 4.72. The number of benzene rings is 2. The Bertz CT molecular complexity index is 1090. The largest absolute Gasteiger partial charge is 0.481 e. The Morgan fingerprint density at radius 2 is 1.57 bits per heavy atom. The Kier molecular flexibility index (Phi) is 7.99.